The van der Waals surface area contributed by atoms with Gasteiger partial charge in [-0.1, -0.05) is 24.3 Å². The van der Waals surface area contributed by atoms with Crippen LogP contribution in [0.2, 0.25) is 0 Å². The van der Waals surface area contributed by atoms with Crippen LogP contribution in [0.5, 0.6) is 0 Å². The molecule has 0 atom stereocenters. The predicted molar refractivity (Wildman–Crippen MR) is 105 cm³/mol. The normalized spacial score (nSPS) is 10.9. The number of nitrogens with zero attached hydrogens (tertiary/aromatic N) is 2. The Bertz CT molecular complexity index is 1300. The smallest absolute Gasteiger partial charge is 0.262 e. The van der Waals surface area contributed by atoms with E-state index in [9.17, 15) is 22.8 Å². The van der Waals surface area contributed by atoms with Crippen molar-refractivity contribution in [3.05, 3.63) is 106 Å². The van der Waals surface area contributed by atoms with Crippen LogP contribution >= 0.6 is 0 Å². The van der Waals surface area contributed by atoms with Crippen molar-refractivity contribution in [3.63, 3.8) is 0 Å². The lowest BCUT2D eigenvalue weighted by atomic mass is 10.1. The number of hydrogen-bond donors (Lipinski definition) is 1. The molecule has 0 saturated heterocycles. The van der Waals surface area contributed by atoms with Gasteiger partial charge in [-0.25, -0.2) is 13.2 Å². The van der Waals surface area contributed by atoms with E-state index in [4.69, 9.17) is 0 Å². The van der Waals surface area contributed by atoms with E-state index in [0.29, 0.717) is 17.5 Å². The van der Waals surface area contributed by atoms with Crippen LogP contribution in [-0.2, 0) is 6.54 Å². The van der Waals surface area contributed by atoms with Crippen LogP contribution in [0.25, 0.3) is 16.5 Å². The van der Waals surface area contributed by atoms with E-state index in [-0.39, 0.29) is 23.2 Å². The molecule has 0 bridgehead atoms. The van der Waals surface area contributed by atoms with Crippen LogP contribution in [0.3, 0.4) is 0 Å². The Morgan fingerprint density at radius 3 is 2.37 bits per heavy atom. The second-order valence-corrected chi connectivity index (χ2v) is 6.53. The summed E-state index contributed by atoms with van der Waals surface area (Å²) in [5, 5.41) is 3.29. The first-order chi connectivity index (χ1) is 14.5. The van der Waals surface area contributed by atoms with Crippen LogP contribution in [-0.4, -0.2) is 15.5 Å². The minimum absolute atomic E-state index is 0.124. The molecule has 150 valence electrons. The lowest BCUT2D eigenvalue weighted by Gasteiger charge is -2.13. The Labute approximate surface area is 168 Å². The van der Waals surface area contributed by atoms with Crippen molar-refractivity contribution < 1.29 is 18.0 Å². The third kappa shape index (κ3) is 3.55. The van der Waals surface area contributed by atoms with E-state index in [0.717, 1.165) is 10.1 Å². The highest BCUT2D eigenvalue weighted by molar-refractivity contribution is 6.06. The van der Waals surface area contributed by atoms with Gasteiger partial charge in [0, 0.05) is 48.0 Å². The summed E-state index contributed by atoms with van der Waals surface area (Å²) in [5.41, 5.74) is 0.0636. The lowest BCUT2D eigenvalue weighted by molar-refractivity contribution is 0.0952. The van der Waals surface area contributed by atoms with E-state index in [1.165, 1.54) is 12.3 Å². The number of nitrogens with one attached hydrogen (secondary N) is 1. The molecule has 0 spiro atoms. The van der Waals surface area contributed by atoms with Crippen molar-refractivity contribution in [3.8, 4) is 5.69 Å². The fourth-order valence-electron chi connectivity index (χ4n) is 3.13. The number of fused-ring (bicyclic) bond motifs is 1. The summed E-state index contributed by atoms with van der Waals surface area (Å²) in [7, 11) is 0. The number of pyridine rings is 2. The largest absolute Gasteiger partial charge is 0.348 e. The molecule has 0 unspecified atom stereocenters. The summed E-state index contributed by atoms with van der Waals surface area (Å²) in [6.07, 6.45) is 4.40. The van der Waals surface area contributed by atoms with Crippen molar-refractivity contribution in [2.24, 2.45) is 0 Å². The Balaban J connectivity index is 1.83. The molecule has 1 amide bonds. The van der Waals surface area contributed by atoms with Crippen LogP contribution < -0.4 is 10.9 Å². The van der Waals surface area contributed by atoms with Gasteiger partial charge in [-0.2, -0.15) is 0 Å². The van der Waals surface area contributed by atoms with Crippen LogP contribution in [0.4, 0.5) is 13.2 Å². The molecule has 0 aliphatic rings. The topological polar surface area (TPSA) is 64.0 Å². The Morgan fingerprint density at radius 1 is 1.00 bits per heavy atom. The average Bonchev–Trinajstić information content (AvgIpc) is 2.76. The molecular weight excluding hydrogens is 395 g/mol. The van der Waals surface area contributed by atoms with Crippen LogP contribution in [0.15, 0.2) is 71.9 Å². The van der Waals surface area contributed by atoms with Crippen molar-refractivity contribution in [2.45, 2.75) is 6.54 Å². The highest BCUT2D eigenvalue weighted by Gasteiger charge is 2.18. The zero-order valence-corrected chi connectivity index (χ0v) is 15.4. The number of rotatable bonds is 4. The molecular formula is C22H14F3N3O2. The zero-order valence-electron chi connectivity index (χ0n) is 15.4. The van der Waals surface area contributed by atoms with Gasteiger partial charge >= 0.3 is 0 Å². The first-order valence-electron chi connectivity index (χ1n) is 8.92. The van der Waals surface area contributed by atoms with E-state index in [1.807, 2.05) is 0 Å². The minimum atomic E-state index is -1.64. The van der Waals surface area contributed by atoms with Gasteiger partial charge in [0.15, 0.2) is 17.5 Å². The molecule has 4 rings (SSSR count). The van der Waals surface area contributed by atoms with Gasteiger partial charge in [-0.15, -0.1) is 0 Å². The zero-order chi connectivity index (χ0) is 21.3. The monoisotopic (exact) mass is 409 g/mol. The molecule has 4 aromatic rings. The first-order valence-corrected chi connectivity index (χ1v) is 8.92. The SMILES string of the molecule is O=C(NCc1cccnc1)c1cn(-c2cc(F)c(F)c(F)c2)c(=O)c2ccccc12. The highest BCUT2D eigenvalue weighted by atomic mass is 19.2. The van der Waals surface area contributed by atoms with Crippen molar-refractivity contribution in [1.82, 2.24) is 14.9 Å². The van der Waals surface area contributed by atoms with Crippen LogP contribution in [0.1, 0.15) is 15.9 Å². The minimum Gasteiger partial charge on any atom is -0.348 e. The fourth-order valence-corrected chi connectivity index (χ4v) is 3.13. The van der Waals surface area contributed by atoms with Crippen molar-refractivity contribution in [1.29, 1.82) is 0 Å². The summed E-state index contributed by atoms with van der Waals surface area (Å²) >= 11 is 0. The molecule has 1 N–H and O–H groups in total. The number of carbonyl (C=O) groups excluding carboxylic acids is 1. The maximum absolute atomic E-state index is 13.7. The Morgan fingerprint density at radius 2 is 1.70 bits per heavy atom. The molecule has 0 aliphatic carbocycles. The third-order valence-electron chi connectivity index (χ3n) is 4.59. The molecule has 5 nitrogen and oxygen atoms in total. The summed E-state index contributed by atoms with van der Waals surface area (Å²) < 4.78 is 41.7. The molecule has 30 heavy (non-hydrogen) atoms. The molecule has 0 saturated carbocycles. The number of aromatic nitrogens is 2. The van der Waals surface area contributed by atoms with E-state index >= 15 is 0 Å². The second kappa shape index (κ2) is 7.82. The number of hydrogen-bond acceptors (Lipinski definition) is 3. The van der Waals surface area contributed by atoms with E-state index in [2.05, 4.69) is 10.3 Å². The number of carbonyl (C=O) groups is 1. The van der Waals surface area contributed by atoms with Crippen molar-refractivity contribution >= 4 is 16.7 Å². The van der Waals surface area contributed by atoms with Gasteiger partial charge in [0.2, 0.25) is 0 Å². The average molecular weight is 409 g/mol. The van der Waals surface area contributed by atoms with Gasteiger partial charge in [-0.05, 0) is 17.7 Å². The molecule has 2 aromatic carbocycles. The molecule has 0 aliphatic heterocycles. The number of benzene rings is 2. The quantitative estimate of drug-likeness (QED) is 0.523. The number of amides is 1. The van der Waals surface area contributed by atoms with E-state index < -0.39 is 28.9 Å². The maximum Gasteiger partial charge on any atom is 0.262 e. The van der Waals surface area contributed by atoms with Gasteiger partial charge < -0.3 is 5.32 Å². The van der Waals surface area contributed by atoms with Crippen molar-refractivity contribution in [2.75, 3.05) is 0 Å². The van der Waals surface area contributed by atoms with Gasteiger partial charge in [-0.3, -0.25) is 19.1 Å². The lowest BCUT2D eigenvalue weighted by Crippen LogP contribution is -2.27. The molecule has 0 radical (unpaired) electrons. The summed E-state index contributed by atoms with van der Waals surface area (Å²) in [6, 6.07) is 11.3. The third-order valence-corrected chi connectivity index (χ3v) is 4.59. The molecule has 8 heteroatoms. The predicted octanol–water partition coefficient (Wildman–Crippen LogP) is 3.73. The summed E-state index contributed by atoms with van der Waals surface area (Å²) in [6.45, 7) is 0.194. The standard InChI is InChI=1S/C22H14F3N3O2/c23-18-8-14(9-19(24)20(18)25)28-12-17(15-5-1-2-6-16(15)22(28)30)21(29)27-11-13-4-3-7-26-10-13/h1-10,12H,11H2,(H,27,29). The first kappa shape index (κ1) is 19.4. The summed E-state index contributed by atoms with van der Waals surface area (Å²) in [4.78, 5) is 29.7. The maximum atomic E-state index is 13.7. The molecule has 0 fully saturated rings. The van der Waals surface area contributed by atoms with Gasteiger partial charge in [0.25, 0.3) is 11.5 Å². The Kier molecular flexibility index (Phi) is 5.05. The van der Waals surface area contributed by atoms with Gasteiger partial charge in [0.05, 0.1) is 11.3 Å². The van der Waals surface area contributed by atoms with E-state index in [1.54, 1.807) is 42.7 Å². The van der Waals surface area contributed by atoms with Crippen LogP contribution in [0, 0.1) is 17.5 Å². The summed E-state index contributed by atoms with van der Waals surface area (Å²) in [5.74, 6) is -5.01. The second-order valence-electron chi connectivity index (χ2n) is 6.53. The molecule has 2 heterocycles. The van der Waals surface area contributed by atoms with Gasteiger partial charge in [0.1, 0.15) is 0 Å². The Hall–Kier alpha value is -3.94. The fraction of sp³-hybridized carbons (Fsp3) is 0.0455. The molecule has 2 aromatic heterocycles. The number of halogens is 3. The highest BCUT2D eigenvalue weighted by Crippen LogP contribution is 2.20.